The molecular formula is C16H14ClN3O2S2. The molecule has 24 heavy (non-hydrogen) atoms. The normalized spacial score (nSPS) is 10.6. The maximum atomic E-state index is 11.1. The van der Waals surface area contributed by atoms with Crippen LogP contribution in [0.25, 0.3) is 10.2 Å². The first-order valence-electron chi connectivity index (χ1n) is 7.00. The van der Waals surface area contributed by atoms with Gasteiger partial charge in [0, 0.05) is 9.92 Å². The Labute approximate surface area is 152 Å². The van der Waals surface area contributed by atoms with Crippen LogP contribution in [0.5, 0.6) is 0 Å². The third kappa shape index (κ3) is 3.92. The van der Waals surface area contributed by atoms with Crippen molar-refractivity contribution in [2.45, 2.75) is 16.2 Å². The van der Waals surface area contributed by atoms with Crippen molar-refractivity contribution >= 4 is 56.7 Å². The number of ether oxygens (including phenoxy) is 1. The Morgan fingerprint density at radius 1 is 1.29 bits per heavy atom. The van der Waals surface area contributed by atoms with Gasteiger partial charge >= 0.3 is 6.09 Å². The van der Waals surface area contributed by atoms with Gasteiger partial charge in [0.15, 0.2) is 4.34 Å². The number of hydrogen-bond donors (Lipinski definition) is 2. The molecule has 0 aliphatic rings. The van der Waals surface area contributed by atoms with Crippen molar-refractivity contribution in [2.75, 3.05) is 12.5 Å². The van der Waals surface area contributed by atoms with Gasteiger partial charge in [0.25, 0.3) is 0 Å². The highest BCUT2D eigenvalue weighted by atomic mass is 35.5. The first-order valence-corrected chi connectivity index (χ1v) is 9.01. The highest BCUT2D eigenvalue weighted by Crippen LogP contribution is 2.37. The number of rotatable bonds is 4. The van der Waals surface area contributed by atoms with Gasteiger partial charge in [0.05, 0.1) is 23.0 Å². The summed E-state index contributed by atoms with van der Waals surface area (Å²) in [6.07, 6.45) is -0.542. The number of aryl methyl sites for hydroxylation is 1. The molecule has 0 radical (unpaired) electrons. The number of carbonyl (C=O) groups excluding carboxylic acids is 1. The molecule has 124 valence electrons. The smallest absolute Gasteiger partial charge is 0.425 e. The molecule has 2 aromatic carbocycles. The zero-order chi connectivity index (χ0) is 17.1. The minimum Gasteiger partial charge on any atom is -0.452 e. The number of hydrogen-bond acceptors (Lipinski definition) is 6. The third-order valence-corrected chi connectivity index (χ3v) is 5.71. The molecule has 8 heteroatoms. The molecule has 0 aliphatic heterocycles. The molecule has 0 unspecified atom stereocenters. The lowest BCUT2D eigenvalue weighted by atomic mass is 10.2. The van der Waals surface area contributed by atoms with Gasteiger partial charge in [-0.3, -0.25) is 5.43 Å². The van der Waals surface area contributed by atoms with E-state index in [4.69, 9.17) is 11.6 Å². The van der Waals surface area contributed by atoms with Crippen LogP contribution >= 0.6 is 34.7 Å². The molecule has 0 saturated carbocycles. The number of amides is 1. The summed E-state index contributed by atoms with van der Waals surface area (Å²) in [5, 5.41) is 0.689. The largest absolute Gasteiger partial charge is 0.452 e. The van der Waals surface area contributed by atoms with E-state index < -0.39 is 6.09 Å². The average molecular weight is 380 g/mol. The standard InChI is InChI=1S/C16H14ClN3O2S2/c1-9-7-11(19-20-15(21)22-2)4-6-13(9)23-16-18-12-8-10(17)3-5-14(12)24-16/h3-8,19H,1-2H3,(H,20,21). The number of nitrogens with zero attached hydrogens (tertiary/aromatic N) is 1. The molecular weight excluding hydrogens is 366 g/mol. The van der Waals surface area contributed by atoms with Crippen LogP contribution in [0.4, 0.5) is 10.5 Å². The molecule has 0 spiro atoms. The van der Waals surface area contributed by atoms with Crippen LogP contribution in [0.3, 0.4) is 0 Å². The van der Waals surface area contributed by atoms with E-state index >= 15 is 0 Å². The van der Waals surface area contributed by atoms with E-state index in [2.05, 4.69) is 20.6 Å². The van der Waals surface area contributed by atoms with Gasteiger partial charge in [-0.25, -0.2) is 15.2 Å². The maximum Gasteiger partial charge on any atom is 0.425 e. The van der Waals surface area contributed by atoms with Gasteiger partial charge in [-0.2, -0.15) is 0 Å². The highest BCUT2D eigenvalue weighted by Gasteiger charge is 2.09. The predicted molar refractivity (Wildman–Crippen MR) is 99.1 cm³/mol. The number of nitrogens with one attached hydrogen (secondary N) is 2. The summed E-state index contributed by atoms with van der Waals surface area (Å²) in [6.45, 7) is 2.01. The van der Waals surface area contributed by atoms with Crippen molar-refractivity contribution in [3.63, 3.8) is 0 Å². The third-order valence-electron chi connectivity index (χ3n) is 3.20. The van der Waals surface area contributed by atoms with Crippen molar-refractivity contribution in [3.8, 4) is 0 Å². The molecule has 5 nitrogen and oxygen atoms in total. The predicted octanol–water partition coefficient (Wildman–Crippen LogP) is 5.09. The van der Waals surface area contributed by atoms with E-state index in [0.29, 0.717) is 5.02 Å². The number of methoxy groups -OCH3 is 1. The lowest BCUT2D eigenvalue weighted by molar-refractivity contribution is 0.173. The number of fused-ring (bicyclic) bond motifs is 1. The van der Waals surface area contributed by atoms with E-state index in [1.54, 1.807) is 23.1 Å². The second-order valence-electron chi connectivity index (χ2n) is 4.92. The van der Waals surface area contributed by atoms with Gasteiger partial charge < -0.3 is 4.74 Å². The summed E-state index contributed by atoms with van der Waals surface area (Å²) < 4.78 is 6.58. The summed E-state index contributed by atoms with van der Waals surface area (Å²) >= 11 is 9.25. The summed E-state index contributed by atoms with van der Waals surface area (Å²) in [6, 6.07) is 11.5. The minimum atomic E-state index is -0.542. The Kier molecular flexibility index (Phi) is 5.13. The van der Waals surface area contributed by atoms with Crippen molar-refractivity contribution in [1.29, 1.82) is 0 Å². The lowest BCUT2D eigenvalue weighted by Gasteiger charge is -2.10. The Morgan fingerprint density at radius 3 is 2.88 bits per heavy atom. The van der Waals surface area contributed by atoms with Gasteiger partial charge in [0.2, 0.25) is 0 Å². The van der Waals surface area contributed by atoms with Gasteiger partial charge in [-0.1, -0.05) is 23.4 Å². The topological polar surface area (TPSA) is 63.2 Å². The van der Waals surface area contributed by atoms with Crippen LogP contribution in [0, 0.1) is 6.92 Å². The van der Waals surface area contributed by atoms with Crippen molar-refractivity contribution in [3.05, 3.63) is 47.0 Å². The van der Waals surface area contributed by atoms with Crippen LogP contribution in [-0.4, -0.2) is 18.2 Å². The van der Waals surface area contributed by atoms with Crippen LogP contribution in [-0.2, 0) is 4.74 Å². The van der Waals surface area contributed by atoms with Gasteiger partial charge in [-0.05, 0) is 48.9 Å². The fourth-order valence-electron chi connectivity index (χ4n) is 2.03. The fraction of sp³-hybridized carbons (Fsp3) is 0.125. The van der Waals surface area contributed by atoms with E-state index in [1.807, 2.05) is 43.3 Å². The molecule has 0 fully saturated rings. The number of aromatic nitrogens is 1. The van der Waals surface area contributed by atoms with E-state index in [0.717, 1.165) is 30.7 Å². The minimum absolute atomic E-state index is 0.542. The molecule has 0 saturated heterocycles. The van der Waals surface area contributed by atoms with Crippen molar-refractivity contribution in [2.24, 2.45) is 0 Å². The molecule has 3 rings (SSSR count). The SMILES string of the molecule is COC(=O)NNc1ccc(Sc2nc3cc(Cl)ccc3s2)c(C)c1. The number of thiazole rings is 1. The second-order valence-corrected chi connectivity index (χ2v) is 7.67. The second kappa shape index (κ2) is 7.29. The molecule has 0 aliphatic carbocycles. The molecule has 3 aromatic rings. The number of benzene rings is 2. The highest BCUT2D eigenvalue weighted by molar-refractivity contribution is 8.01. The number of hydrazine groups is 1. The summed E-state index contributed by atoms with van der Waals surface area (Å²) in [5.74, 6) is 0. The Hall–Kier alpha value is -1.96. The van der Waals surface area contributed by atoms with E-state index in [-0.39, 0.29) is 0 Å². The van der Waals surface area contributed by atoms with Crippen LogP contribution in [0.15, 0.2) is 45.6 Å². The summed E-state index contributed by atoms with van der Waals surface area (Å²) in [7, 11) is 1.31. The Morgan fingerprint density at radius 2 is 2.12 bits per heavy atom. The monoisotopic (exact) mass is 379 g/mol. The van der Waals surface area contributed by atoms with Gasteiger partial charge in [0.1, 0.15) is 0 Å². The zero-order valence-electron chi connectivity index (χ0n) is 12.9. The summed E-state index contributed by atoms with van der Waals surface area (Å²) in [5.41, 5.74) is 7.99. The lowest BCUT2D eigenvalue weighted by Crippen LogP contribution is -2.28. The van der Waals surface area contributed by atoms with Crippen LogP contribution < -0.4 is 10.9 Å². The van der Waals surface area contributed by atoms with Crippen LogP contribution in [0.2, 0.25) is 5.02 Å². The molecule has 0 atom stereocenters. The van der Waals surface area contributed by atoms with Crippen molar-refractivity contribution in [1.82, 2.24) is 10.4 Å². The van der Waals surface area contributed by atoms with Crippen molar-refractivity contribution < 1.29 is 9.53 Å². The summed E-state index contributed by atoms with van der Waals surface area (Å²) in [4.78, 5) is 16.8. The van der Waals surface area contributed by atoms with E-state index in [1.165, 1.54) is 7.11 Å². The van der Waals surface area contributed by atoms with Gasteiger partial charge in [-0.15, -0.1) is 11.3 Å². The molecule has 1 heterocycles. The Bertz CT molecular complexity index is 898. The van der Waals surface area contributed by atoms with E-state index in [9.17, 15) is 4.79 Å². The number of anilines is 1. The molecule has 1 amide bonds. The quantitative estimate of drug-likeness (QED) is 0.618. The molecule has 0 bridgehead atoms. The first-order chi connectivity index (χ1) is 11.5. The maximum absolute atomic E-state index is 11.1. The fourth-order valence-corrected chi connectivity index (χ4v) is 4.27. The molecule has 1 aromatic heterocycles. The first kappa shape index (κ1) is 16.9. The average Bonchev–Trinajstić information content (AvgIpc) is 2.96. The number of halogens is 1. The Balaban J connectivity index is 1.75. The van der Waals surface area contributed by atoms with Crippen LogP contribution in [0.1, 0.15) is 5.56 Å². The zero-order valence-corrected chi connectivity index (χ0v) is 15.3. The number of carbonyl (C=O) groups is 1. The molecule has 2 N–H and O–H groups in total.